The van der Waals surface area contributed by atoms with Crippen LogP contribution in [0.25, 0.3) is 0 Å². The molecule has 1 N–H and O–H groups in total. The molecule has 5 heteroatoms. The molecule has 17 heavy (non-hydrogen) atoms. The summed E-state index contributed by atoms with van der Waals surface area (Å²) in [4.78, 5) is 4.17. The Morgan fingerprint density at radius 3 is 3.12 bits per heavy atom. The molecule has 0 bridgehead atoms. The van der Waals surface area contributed by atoms with E-state index >= 15 is 0 Å². The van der Waals surface area contributed by atoms with Crippen LogP contribution < -0.4 is 5.32 Å². The highest BCUT2D eigenvalue weighted by atomic mass is 15.1. The molecule has 0 radical (unpaired) electrons. The lowest BCUT2D eigenvalue weighted by molar-refractivity contribution is 0.624. The first-order valence-corrected chi connectivity index (χ1v) is 5.86. The Balaban J connectivity index is 1.99. The molecule has 0 aliphatic rings. The van der Waals surface area contributed by atoms with E-state index in [2.05, 4.69) is 32.0 Å². The maximum absolute atomic E-state index is 4.17. The Morgan fingerprint density at radius 1 is 1.41 bits per heavy atom. The molecule has 0 spiro atoms. The first-order chi connectivity index (χ1) is 8.40. The molecule has 0 aromatic carbocycles. The third-order valence-corrected chi connectivity index (χ3v) is 2.49. The molecule has 0 amide bonds. The van der Waals surface area contributed by atoms with Gasteiger partial charge in [-0.25, -0.2) is 4.98 Å². The largest absolute Gasteiger partial charge is 0.327 e. The van der Waals surface area contributed by atoms with E-state index < -0.39 is 0 Å². The quantitative estimate of drug-likeness (QED) is 0.759. The summed E-state index contributed by atoms with van der Waals surface area (Å²) in [6, 6.07) is 3.87. The van der Waals surface area contributed by atoms with Crippen LogP contribution in [0.3, 0.4) is 0 Å². The Bertz CT molecular complexity index is 437. The highest BCUT2D eigenvalue weighted by molar-refractivity contribution is 5.05. The molecule has 0 saturated carbocycles. The highest BCUT2D eigenvalue weighted by Crippen LogP contribution is 2.03. The van der Waals surface area contributed by atoms with Gasteiger partial charge in [-0.15, -0.1) is 0 Å². The maximum Gasteiger partial charge on any atom is 0.0952 e. The molecule has 0 saturated heterocycles. The van der Waals surface area contributed by atoms with Gasteiger partial charge in [-0.3, -0.25) is 0 Å². The SMILES string of the molecule is CCCNCc1cncn1Cc1cccnn1. The van der Waals surface area contributed by atoms with E-state index in [1.807, 2.05) is 24.7 Å². The Hall–Kier alpha value is -1.75. The second kappa shape index (κ2) is 6.10. The fourth-order valence-electron chi connectivity index (χ4n) is 1.62. The van der Waals surface area contributed by atoms with Crippen LogP contribution in [0.5, 0.6) is 0 Å². The van der Waals surface area contributed by atoms with Crippen molar-refractivity contribution in [2.24, 2.45) is 0 Å². The first kappa shape index (κ1) is 11.7. The second-order valence-corrected chi connectivity index (χ2v) is 3.90. The summed E-state index contributed by atoms with van der Waals surface area (Å²) in [5, 5.41) is 11.3. The minimum absolute atomic E-state index is 0.719. The van der Waals surface area contributed by atoms with Crippen molar-refractivity contribution in [2.45, 2.75) is 26.4 Å². The number of nitrogens with one attached hydrogen (secondary N) is 1. The molecule has 2 heterocycles. The number of hydrogen-bond donors (Lipinski definition) is 1. The topological polar surface area (TPSA) is 55.6 Å². The fraction of sp³-hybridized carbons (Fsp3) is 0.417. The predicted molar refractivity (Wildman–Crippen MR) is 65.4 cm³/mol. The molecule has 2 aromatic heterocycles. The van der Waals surface area contributed by atoms with Crippen molar-refractivity contribution in [3.8, 4) is 0 Å². The average molecular weight is 231 g/mol. The van der Waals surface area contributed by atoms with Crippen molar-refractivity contribution in [3.63, 3.8) is 0 Å². The summed E-state index contributed by atoms with van der Waals surface area (Å²) in [5.41, 5.74) is 2.12. The van der Waals surface area contributed by atoms with Crippen molar-refractivity contribution in [1.82, 2.24) is 25.1 Å². The molecule has 0 aliphatic heterocycles. The second-order valence-electron chi connectivity index (χ2n) is 3.90. The van der Waals surface area contributed by atoms with Gasteiger partial charge < -0.3 is 9.88 Å². The Labute approximate surface area is 101 Å². The number of imidazole rings is 1. The number of hydrogen-bond acceptors (Lipinski definition) is 4. The van der Waals surface area contributed by atoms with Crippen molar-refractivity contribution >= 4 is 0 Å². The van der Waals surface area contributed by atoms with Gasteiger partial charge in [-0.1, -0.05) is 6.92 Å². The van der Waals surface area contributed by atoms with E-state index in [0.29, 0.717) is 0 Å². The van der Waals surface area contributed by atoms with E-state index in [1.54, 1.807) is 6.20 Å². The summed E-state index contributed by atoms with van der Waals surface area (Å²) in [6.45, 7) is 4.74. The molecule has 0 unspecified atom stereocenters. The van der Waals surface area contributed by atoms with Crippen molar-refractivity contribution in [3.05, 3.63) is 42.2 Å². The van der Waals surface area contributed by atoms with Crippen molar-refractivity contribution in [1.29, 1.82) is 0 Å². The van der Waals surface area contributed by atoms with Crippen molar-refractivity contribution < 1.29 is 0 Å². The maximum atomic E-state index is 4.17. The molecule has 2 aromatic rings. The third kappa shape index (κ3) is 3.35. The Morgan fingerprint density at radius 2 is 2.35 bits per heavy atom. The summed E-state index contributed by atoms with van der Waals surface area (Å²) >= 11 is 0. The lowest BCUT2D eigenvalue weighted by Crippen LogP contribution is -2.17. The van der Waals surface area contributed by atoms with Gasteiger partial charge in [0.05, 0.1) is 24.3 Å². The minimum Gasteiger partial charge on any atom is -0.327 e. The zero-order valence-electron chi connectivity index (χ0n) is 10.0. The zero-order chi connectivity index (χ0) is 11.9. The lowest BCUT2D eigenvalue weighted by atomic mass is 10.3. The normalized spacial score (nSPS) is 10.6. The smallest absolute Gasteiger partial charge is 0.0952 e. The van der Waals surface area contributed by atoms with Gasteiger partial charge in [0.2, 0.25) is 0 Å². The van der Waals surface area contributed by atoms with E-state index in [9.17, 15) is 0 Å². The minimum atomic E-state index is 0.719. The molecule has 90 valence electrons. The fourth-order valence-corrected chi connectivity index (χ4v) is 1.62. The zero-order valence-corrected chi connectivity index (χ0v) is 10.0. The van der Waals surface area contributed by atoms with E-state index in [1.165, 1.54) is 5.69 Å². The lowest BCUT2D eigenvalue weighted by Gasteiger charge is -2.07. The van der Waals surface area contributed by atoms with Crippen LogP contribution in [0.4, 0.5) is 0 Å². The number of rotatable bonds is 6. The van der Waals surface area contributed by atoms with Gasteiger partial charge >= 0.3 is 0 Å². The summed E-state index contributed by atoms with van der Waals surface area (Å²) < 4.78 is 2.09. The average Bonchev–Trinajstić information content (AvgIpc) is 2.79. The van der Waals surface area contributed by atoms with Crippen LogP contribution >= 0.6 is 0 Å². The van der Waals surface area contributed by atoms with Gasteiger partial charge in [-0.2, -0.15) is 10.2 Å². The molecular weight excluding hydrogens is 214 g/mol. The number of aromatic nitrogens is 4. The van der Waals surface area contributed by atoms with Gasteiger partial charge in [-0.05, 0) is 25.1 Å². The van der Waals surface area contributed by atoms with Gasteiger partial charge in [0.15, 0.2) is 0 Å². The van der Waals surface area contributed by atoms with Gasteiger partial charge in [0.25, 0.3) is 0 Å². The molecule has 2 rings (SSSR count). The molecule has 0 atom stereocenters. The standard InChI is InChI=1S/C12H17N5/c1-2-5-13-7-12-8-14-10-17(12)9-11-4-3-6-15-16-11/h3-4,6,8,10,13H,2,5,7,9H2,1H3. The van der Waals surface area contributed by atoms with E-state index in [4.69, 9.17) is 0 Å². The molecule has 0 fully saturated rings. The van der Waals surface area contributed by atoms with Crippen LogP contribution in [0.1, 0.15) is 24.7 Å². The molecular formula is C12H17N5. The molecule has 0 aliphatic carbocycles. The van der Waals surface area contributed by atoms with Gasteiger partial charge in [0, 0.05) is 18.9 Å². The summed E-state index contributed by atoms with van der Waals surface area (Å²) in [6.07, 6.45) is 6.54. The highest BCUT2D eigenvalue weighted by Gasteiger charge is 2.03. The van der Waals surface area contributed by atoms with E-state index in [-0.39, 0.29) is 0 Å². The third-order valence-electron chi connectivity index (χ3n) is 2.49. The van der Waals surface area contributed by atoms with Crippen LogP contribution in [0, 0.1) is 0 Å². The van der Waals surface area contributed by atoms with Gasteiger partial charge in [0.1, 0.15) is 0 Å². The first-order valence-electron chi connectivity index (χ1n) is 5.86. The summed E-state index contributed by atoms with van der Waals surface area (Å²) in [5.74, 6) is 0. The van der Waals surface area contributed by atoms with Crippen LogP contribution in [-0.4, -0.2) is 26.3 Å². The Kier molecular flexibility index (Phi) is 4.21. The van der Waals surface area contributed by atoms with Crippen LogP contribution in [-0.2, 0) is 13.1 Å². The van der Waals surface area contributed by atoms with Crippen molar-refractivity contribution in [2.75, 3.05) is 6.54 Å². The predicted octanol–water partition coefficient (Wildman–Crippen LogP) is 1.22. The van der Waals surface area contributed by atoms with E-state index in [0.717, 1.165) is 31.7 Å². The molecule has 5 nitrogen and oxygen atoms in total. The van der Waals surface area contributed by atoms with Crippen LogP contribution in [0.2, 0.25) is 0 Å². The number of nitrogens with zero attached hydrogens (tertiary/aromatic N) is 4. The summed E-state index contributed by atoms with van der Waals surface area (Å²) in [7, 11) is 0. The van der Waals surface area contributed by atoms with Crippen LogP contribution in [0.15, 0.2) is 30.9 Å². The monoisotopic (exact) mass is 231 g/mol.